The Labute approximate surface area is 139 Å². The van der Waals surface area contributed by atoms with Gasteiger partial charge in [0.05, 0.1) is 19.4 Å². The number of carbonyl (C=O) groups excluding carboxylic acids is 1. The van der Waals surface area contributed by atoms with Crippen molar-refractivity contribution in [1.82, 2.24) is 0 Å². The number of nitrogens with one attached hydrogen (secondary N) is 1. The van der Waals surface area contributed by atoms with E-state index in [-0.39, 0.29) is 18.1 Å². The zero-order valence-corrected chi connectivity index (χ0v) is 13.5. The van der Waals surface area contributed by atoms with Crippen LogP contribution in [0.25, 0.3) is 0 Å². The second-order valence-corrected chi connectivity index (χ2v) is 5.27. The monoisotopic (exact) mass is 335 g/mol. The van der Waals surface area contributed by atoms with Crippen LogP contribution in [-0.4, -0.2) is 24.7 Å². The van der Waals surface area contributed by atoms with Crippen LogP contribution in [0.4, 0.5) is 5.69 Å². The number of methoxy groups -OCH3 is 1. The lowest BCUT2D eigenvalue weighted by Crippen LogP contribution is -2.13. The third kappa shape index (κ3) is 5.38. The van der Waals surface area contributed by atoms with E-state index in [0.29, 0.717) is 23.7 Å². The molecule has 0 aliphatic heterocycles. The molecule has 0 fully saturated rings. The van der Waals surface area contributed by atoms with Gasteiger partial charge in [-0.2, -0.15) is 0 Å². The molecule has 0 spiro atoms. The maximum atomic E-state index is 11.8. The van der Waals surface area contributed by atoms with E-state index >= 15 is 0 Å². The zero-order chi connectivity index (χ0) is 16.7. The summed E-state index contributed by atoms with van der Waals surface area (Å²) in [6, 6.07) is 11.7. The number of rotatable bonds is 7. The maximum Gasteiger partial charge on any atom is 0.224 e. The van der Waals surface area contributed by atoms with Gasteiger partial charge < -0.3 is 19.9 Å². The van der Waals surface area contributed by atoms with Crippen molar-refractivity contribution in [2.75, 3.05) is 19.0 Å². The fraction of sp³-hybridized carbons (Fsp3) is 0.235. The lowest BCUT2D eigenvalue weighted by molar-refractivity contribution is -0.116. The van der Waals surface area contributed by atoms with Crippen molar-refractivity contribution in [3.05, 3.63) is 47.5 Å². The van der Waals surface area contributed by atoms with Gasteiger partial charge in [-0.15, -0.1) is 0 Å². The van der Waals surface area contributed by atoms with Crippen molar-refractivity contribution in [2.45, 2.75) is 12.8 Å². The van der Waals surface area contributed by atoms with Crippen molar-refractivity contribution in [2.24, 2.45) is 0 Å². The molecule has 122 valence electrons. The largest absolute Gasteiger partial charge is 0.506 e. The maximum absolute atomic E-state index is 11.8. The van der Waals surface area contributed by atoms with Gasteiger partial charge >= 0.3 is 0 Å². The number of phenolic OH excluding ortho intramolecular Hbond substituents is 1. The summed E-state index contributed by atoms with van der Waals surface area (Å²) < 4.78 is 10.6. The molecular weight excluding hydrogens is 318 g/mol. The summed E-state index contributed by atoms with van der Waals surface area (Å²) in [5.41, 5.74) is 0.304. The van der Waals surface area contributed by atoms with Gasteiger partial charge in [0.2, 0.25) is 5.91 Å². The molecule has 0 heterocycles. The minimum atomic E-state index is -0.208. The first-order valence-corrected chi connectivity index (χ1v) is 7.51. The normalized spacial score (nSPS) is 10.2. The van der Waals surface area contributed by atoms with E-state index in [1.54, 1.807) is 13.2 Å². The lowest BCUT2D eigenvalue weighted by Gasteiger charge is -2.09. The van der Waals surface area contributed by atoms with Crippen LogP contribution in [0.5, 0.6) is 17.2 Å². The van der Waals surface area contributed by atoms with E-state index < -0.39 is 0 Å². The number of anilines is 1. The summed E-state index contributed by atoms with van der Waals surface area (Å²) in [6.45, 7) is 0.418. The highest BCUT2D eigenvalue weighted by Crippen LogP contribution is 2.26. The molecule has 0 radical (unpaired) electrons. The fourth-order valence-corrected chi connectivity index (χ4v) is 2.09. The predicted molar refractivity (Wildman–Crippen MR) is 89.5 cm³/mol. The quantitative estimate of drug-likeness (QED) is 0.595. The van der Waals surface area contributed by atoms with E-state index in [1.165, 1.54) is 12.1 Å². The Hall–Kier alpha value is -2.40. The molecule has 1 amide bonds. The third-order valence-electron chi connectivity index (χ3n) is 3.11. The highest BCUT2D eigenvalue weighted by atomic mass is 35.5. The van der Waals surface area contributed by atoms with Gasteiger partial charge in [0, 0.05) is 11.4 Å². The number of hydrogen-bond donors (Lipinski definition) is 2. The Bertz CT molecular complexity index is 658. The Morgan fingerprint density at radius 2 is 1.87 bits per heavy atom. The van der Waals surface area contributed by atoms with Crippen LogP contribution in [0.3, 0.4) is 0 Å². The van der Waals surface area contributed by atoms with E-state index in [2.05, 4.69) is 5.32 Å². The van der Waals surface area contributed by atoms with Gasteiger partial charge in [-0.05, 0) is 48.9 Å². The summed E-state index contributed by atoms with van der Waals surface area (Å²) in [4.78, 5) is 11.8. The number of benzene rings is 2. The van der Waals surface area contributed by atoms with Gasteiger partial charge in [-0.3, -0.25) is 4.79 Å². The van der Waals surface area contributed by atoms with Crippen molar-refractivity contribution in [3.63, 3.8) is 0 Å². The standard InChI is InChI=1S/C17H18ClNO4/c1-22-13-5-7-14(8-6-13)23-10-2-3-17(21)19-15-11-12(18)4-9-16(15)20/h4-9,11,20H,2-3,10H2,1H3,(H,19,21). The first kappa shape index (κ1) is 17.0. The molecule has 5 nitrogen and oxygen atoms in total. The van der Waals surface area contributed by atoms with Crippen LogP contribution >= 0.6 is 11.6 Å². The van der Waals surface area contributed by atoms with Crippen molar-refractivity contribution in [3.8, 4) is 17.2 Å². The van der Waals surface area contributed by atoms with Gasteiger partial charge in [-0.25, -0.2) is 0 Å². The van der Waals surface area contributed by atoms with E-state index in [0.717, 1.165) is 11.5 Å². The molecule has 0 saturated heterocycles. The zero-order valence-electron chi connectivity index (χ0n) is 12.7. The second kappa shape index (κ2) is 8.29. The molecule has 23 heavy (non-hydrogen) atoms. The minimum Gasteiger partial charge on any atom is -0.506 e. The van der Waals surface area contributed by atoms with Crippen LogP contribution < -0.4 is 14.8 Å². The van der Waals surface area contributed by atoms with Gasteiger partial charge in [0.25, 0.3) is 0 Å². The van der Waals surface area contributed by atoms with E-state index in [9.17, 15) is 9.90 Å². The number of halogens is 1. The smallest absolute Gasteiger partial charge is 0.224 e. The molecule has 0 atom stereocenters. The molecule has 2 aromatic carbocycles. The first-order chi connectivity index (χ1) is 11.1. The molecule has 2 aromatic rings. The molecule has 6 heteroatoms. The lowest BCUT2D eigenvalue weighted by atomic mass is 10.2. The average Bonchev–Trinajstić information content (AvgIpc) is 2.55. The SMILES string of the molecule is COc1ccc(OCCCC(=O)Nc2cc(Cl)ccc2O)cc1. The number of aromatic hydroxyl groups is 1. The topological polar surface area (TPSA) is 67.8 Å². The molecule has 0 aromatic heterocycles. The minimum absolute atomic E-state index is 0.0165. The van der Waals surface area contributed by atoms with Crippen LogP contribution in [-0.2, 0) is 4.79 Å². The first-order valence-electron chi connectivity index (χ1n) is 7.13. The molecule has 0 aliphatic carbocycles. The summed E-state index contributed by atoms with van der Waals surface area (Å²) in [5.74, 6) is 1.26. The van der Waals surface area contributed by atoms with Gasteiger partial charge in [-0.1, -0.05) is 11.6 Å². The summed E-state index contributed by atoms with van der Waals surface area (Å²) in [6.07, 6.45) is 0.835. The Balaban J connectivity index is 1.73. The van der Waals surface area contributed by atoms with Gasteiger partial charge in [0.1, 0.15) is 17.2 Å². The van der Waals surface area contributed by atoms with E-state index in [4.69, 9.17) is 21.1 Å². The van der Waals surface area contributed by atoms with Crippen molar-refractivity contribution < 1.29 is 19.4 Å². The number of ether oxygens (including phenoxy) is 2. The molecule has 0 bridgehead atoms. The third-order valence-corrected chi connectivity index (χ3v) is 3.34. The molecule has 0 unspecified atom stereocenters. The van der Waals surface area contributed by atoms with Crippen molar-refractivity contribution >= 4 is 23.2 Å². The number of phenols is 1. The number of hydrogen-bond acceptors (Lipinski definition) is 4. The highest BCUT2D eigenvalue weighted by Gasteiger charge is 2.07. The van der Waals surface area contributed by atoms with Gasteiger partial charge in [0.15, 0.2) is 0 Å². The second-order valence-electron chi connectivity index (χ2n) is 4.84. The summed E-state index contributed by atoms with van der Waals surface area (Å²) in [7, 11) is 1.60. The molecule has 0 aliphatic rings. The number of amides is 1. The summed E-state index contributed by atoms with van der Waals surface area (Å²) in [5, 5.41) is 12.7. The van der Waals surface area contributed by atoms with Crippen LogP contribution in [0.15, 0.2) is 42.5 Å². The molecule has 0 saturated carbocycles. The van der Waals surface area contributed by atoms with Crippen LogP contribution in [0, 0.1) is 0 Å². The Morgan fingerprint density at radius 3 is 2.57 bits per heavy atom. The predicted octanol–water partition coefficient (Wildman–Crippen LogP) is 3.85. The van der Waals surface area contributed by atoms with E-state index in [1.807, 2.05) is 24.3 Å². The fourth-order valence-electron chi connectivity index (χ4n) is 1.92. The Morgan fingerprint density at radius 1 is 1.17 bits per heavy atom. The average molecular weight is 336 g/mol. The highest BCUT2D eigenvalue weighted by molar-refractivity contribution is 6.31. The molecule has 2 rings (SSSR count). The Kier molecular flexibility index (Phi) is 6.11. The van der Waals surface area contributed by atoms with Crippen LogP contribution in [0.1, 0.15) is 12.8 Å². The number of carbonyl (C=O) groups is 1. The molecule has 2 N–H and O–H groups in total. The van der Waals surface area contributed by atoms with Crippen LogP contribution in [0.2, 0.25) is 5.02 Å². The molecular formula is C17H18ClNO4. The van der Waals surface area contributed by atoms with Crippen molar-refractivity contribution in [1.29, 1.82) is 0 Å². The summed E-state index contributed by atoms with van der Waals surface area (Å²) >= 11 is 5.83.